The zero-order valence-electron chi connectivity index (χ0n) is 7.26. The third-order valence-corrected chi connectivity index (χ3v) is 3.65. The molecule has 0 aromatic rings. The van der Waals surface area contributed by atoms with Crippen LogP contribution in [0.5, 0.6) is 0 Å². The van der Waals surface area contributed by atoms with Crippen LogP contribution in [0.4, 0.5) is 0 Å². The third-order valence-electron chi connectivity index (χ3n) is 3.65. The van der Waals surface area contributed by atoms with Crippen molar-refractivity contribution in [3.63, 3.8) is 0 Å². The van der Waals surface area contributed by atoms with Crippen molar-refractivity contribution in [2.24, 2.45) is 17.8 Å². The summed E-state index contributed by atoms with van der Waals surface area (Å²) < 4.78 is 0. The molecule has 0 saturated heterocycles. The van der Waals surface area contributed by atoms with E-state index in [1.54, 1.807) is 0 Å². The second kappa shape index (κ2) is 3.00. The number of hydrogen-bond acceptors (Lipinski definition) is 0. The quantitative estimate of drug-likeness (QED) is 0.529. The first kappa shape index (κ1) is 7.39. The molecule has 2 aliphatic carbocycles. The van der Waals surface area contributed by atoms with Crippen molar-refractivity contribution in [1.82, 2.24) is 0 Å². The second-order valence-electron chi connectivity index (χ2n) is 4.23. The van der Waals surface area contributed by atoms with Gasteiger partial charge in [-0.3, -0.25) is 0 Å². The molecule has 0 nitrogen and oxygen atoms in total. The van der Waals surface area contributed by atoms with Gasteiger partial charge in [-0.15, -0.1) is 6.58 Å². The highest BCUT2D eigenvalue weighted by Crippen LogP contribution is 2.50. The minimum Gasteiger partial charge on any atom is -0.103 e. The summed E-state index contributed by atoms with van der Waals surface area (Å²) in [4.78, 5) is 0. The minimum absolute atomic E-state index is 1.03. The maximum absolute atomic E-state index is 3.82. The van der Waals surface area contributed by atoms with E-state index in [1.165, 1.54) is 38.5 Å². The molecule has 2 saturated carbocycles. The molecule has 2 rings (SSSR count). The molecule has 11 heavy (non-hydrogen) atoms. The van der Waals surface area contributed by atoms with Crippen LogP contribution < -0.4 is 0 Å². The predicted molar refractivity (Wildman–Crippen MR) is 48.4 cm³/mol. The molecule has 0 aromatic carbocycles. The van der Waals surface area contributed by atoms with Crippen molar-refractivity contribution in [2.45, 2.75) is 38.5 Å². The summed E-state index contributed by atoms with van der Waals surface area (Å²) in [6, 6.07) is 0. The van der Waals surface area contributed by atoms with Gasteiger partial charge in [0.25, 0.3) is 0 Å². The molecule has 0 N–H and O–H groups in total. The fourth-order valence-electron chi connectivity index (χ4n) is 3.00. The standard InChI is InChI=1S/C11H18/c1-2-5-9-8-10-6-3-4-7-11(9)10/h2,9-11H,1,3-8H2/t9-,10?,11-/m1/s1. The number of fused-ring (bicyclic) bond motifs is 1. The molecular weight excluding hydrogens is 132 g/mol. The monoisotopic (exact) mass is 150 g/mol. The molecule has 0 amide bonds. The Morgan fingerprint density at radius 2 is 2.09 bits per heavy atom. The first-order valence-corrected chi connectivity index (χ1v) is 5.02. The first-order chi connectivity index (χ1) is 5.42. The Balaban J connectivity index is 1.86. The molecule has 0 aliphatic heterocycles. The molecule has 3 atom stereocenters. The summed E-state index contributed by atoms with van der Waals surface area (Å²) in [7, 11) is 0. The summed E-state index contributed by atoms with van der Waals surface area (Å²) >= 11 is 0. The summed E-state index contributed by atoms with van der Waals surface area (Å²) in [5.74, 6) is 3.24. The van der Waals surface area contributed by atoms with Crippen molar-refractivity contribution in [2.75, 3.05) is 0 Å². The number of allylic oxidation sites excluding steroid dienone is 1. The normalized spacial score (nSPS) is 42.4. The molecular formula is C11H18. The fourth-order valence-corrected chi connectivity index (χ4v) is 3.00. The van der Waals surface area contributed by atoms with Gasteiger partial charge >= 0.3 is 0 Å². The smallest absolute Gasteiger partial charge is 0.0322 e. The van der Waals surface area contributed by atoms with Crippen molar-refractivity contribution < 1.29 is 0 Å². The summed E-state index contributed by atoms with van der Waals surface area (Å²) in [6.45, 7) is 3.82. The van der Waals surface area contributed by atoms with Crippen LogP contribution in [0.15, 0.2) is 12.7 Å². The van der Waals surface area contributed by atoms with Crippen LogP contribution in [0.1, 0.15) is 38.5 Å². The molecule has 1 unspecified atom stereocenters. The molecule has 0 aromatic heterocycles. The maximum Gasteiger partial charge on any atom is -0.0322 e. The number of rotatable bonds is 2. The van der Waals surface area contributed by atoms with Crippen LogP contribution in [0.3, 0.4) is 0 Å². The SMILES string of the molecule is C=CC[C@@H]1CC2CCCC[C@@H]21. The Kier molecular flexibility index (Phi) is 2.02. The van der Waals surface area contributed by atoms with Crippen LogP contribution >= 0.6 is 0 Å². The van der Waals surface area contributed by atoms with Gasteiger partial charge < -0.3 is 0 Å². The average molecular weight is 150 g/mol. The topological polar surface area (TPSA) is 0 Å². The van der Waals surface area contributed by atoms with Crippen LogP contribution in [-0.4, -0.2) is 0 Å². The van der Waals surface area contributed by atoms with E-state index in [4.69, 9.17) is 0 Å². The lowest BCUT2D eigenvalue weighted by Crippen LogP contribution is -2.38. The number of hydrogen-bond donors (Lipinski definition) is 0. The van der Waals surface area contributed by atoms with E-state index in [0.29, 0.717) is 0 Å². The summed E-state index contributed by atoms with van der Waals surface area (Å²) in [6.07, 6.45) is 10.9. The van der Waals surface area contributed by atoms with Crippen molar-refractivity contribution in [3.05, 3.63) is 12.7 Å². The van der Waals surface area contributed by atoms with Gasteiger partial charge in [0, 0.05) is 0 Å². The van der Waals surface area contributed by atoms with Crippen LogP contribution in [0.2, 0.25) is 0 Å². The summed E-state index contributed by atoms with van der Waals surface area (Å²) in [5.41, 5.74) is 0. The molecule has 0 heteroatoms. The average Bonchev–Trinajstić information content (AvgIpc) is 2.01. The van der Waals surface area contributed by atoms with E-state index in [9.17, 15) is 0 Å². The molecule has 0 spiro atoms. The van der Waals surface area contributed by atoms with Gasteiger partial charge in [-0.1, -0.05) is 25.3 Å². The summed E-state index contributed by atoms with van der Waals surface area (Å²) in [5, 5.41) is 0. The van der Waals surface area contributed by atoms with Gasteiger partial charge in [-0.05, 0) is 37.0 Å². The van der Waals surface area contributed by atoms with Gasteiger partial charge in [-0.25, -0.2) is 0 Å². The van der Waals surface area contributed by atoms with E-state index < -0.39 is 0 Å². The Morgan fingerprint density at radius 1 is 1.27 bits per heavy atom. The van der Waals surface area contributed by atoms with Gasteiger partial charge in [0.2, 0.25) is 0 Å². The van der Waals surface area contributed by atoms with Crippen LogP contribution in [-0.2, 0) is 0 Å². The molecule has 2 aliphatic rings. The highest BCUT2D eigenvalue weighted by molar-refractivity contribution is 4.94. The second-order valence-corrected chi connectivity index (χ2v) is 4.23. The largest absolute Gasteiger partial charge is 0.103 e. The Hall–Kier alpha value is -0.260. The van der Waals surface area contributed by atoms with E-state index in [-0.39, 0.29) is 0 Å². The van der Waals surface area contributed by atoms with Crippen molar-refractivity contribution >= 4 is 0 Å². The molecule has 0 bridgehead atoms. The highest BCUT2D eigenvalue weighted by Gasteiger charge is 2.40. The van der Waals surface area contributed by atoms with Gasteiger partial charge in [0.15, 0.2) is 0 Å². The Morgan fingerprint density at radius 3 is 2.82 bits per heavy atom. The predicted octanol–water partition coefficient (Wildman–Crippen LogP) is 3.39. The van der Waals surface area contributed by atoms with Gasteiger partial charge in [0.05, 0.1) is 0 Å². The molecule has 0 radical (unpaired) electrons. The Labute approximate surface area is 69.7 Å². The lowest BCUT2D eigenvalue weighted by atomic mass is 9.58. The van der Waals surface area contributed by atoms with Crippen molar-refractivity contribution in [1.29, 1.82) is 0 Å². The van der Waals surface area contributed by atoms with E-state index in [0.717, 1.165) is 17.8 Å². The van der Waals surface area contributed by atoms with E-state index >= 15 is 0 Å². The maximum atomic E-state index is 3.82. The van der Waals surface area contributed by atoms with Crippen LogP contribution in [0, 0.1) is 17.8 Å². The Bertz CT molecular complexity index is 148. The zero-order valence-corrected chi connectivity index (χ0v) is 7.26. The van der Waals surface area contributed by atoms with E-state index in [2.05, 4.69) is 12.7 Å². The van der Waals surface area contributed by atoms with Gasteiger partial charge in [-0.2, -0.15) is 0 Å². The highest BCUT2D eigenvalue weighted by atomic mass is 14.5. The van der Waals surface area contributed by atoms with E-state index in [1.807, 2.05) is 0 Å². The third kappa shape index (κ3) is 1.23. The first-order valence-electron chi connectivity index (χ1n) is 5.02. The lowest BCUT2D eigenvalue weighted by molar-refractivity contribution is 0.0317. The van der Waals surface area contributed by atoms with Gasteiger partial charge in [0.1, 0.15) is 0 Å². The fraction of sp³-hybridized carbons (Fsp3) is 0.818. The minimum atomic E-state index is 1.03. The lowest BCUT2D eigenvalue weighted by Gasteiger charge is -2.48. The molecule has 62 valence electrons. The van der Waals surface area contributed by atoms with Crippen molar-refractivity contribution in [3.8, 4) is 0 Å². The molecule has 0 heterocycles. The zero-order chi connectivity index (χ0) is 7.68. The molecule has 2 fully saturated rings. The van der Waals surface area contributed by atoms with Crippen LogP contribution in [0.25, 0.3) is 0 Å².